The van der Waals surface area contributed by atoms with Gasteiger partial charge in [-0.15, -0.1) is 0 Å². The molecule has 2 rings (SSSR count). The van der Waals surface area contributed by atoms with E-state index in [0.717, 1.165) is 4.47 Å². The first-order chi connectivity index (χ1) is 10.0. The summed E-state index contributed by atoms with van der Waals surface area (Å²) in [5.41, 5.74) is 2.42. The zero-order valence-corrected chi connectivity index (χ0v) is 13.9. The first kappa shape index (κ1) is 15.7. The Kier molecular flexibility index (Phi) is 5.15. The van der Waals surface area contributed by atoms with Crippen molar-refractivity contribution in [2.24, 2.45) is 5.16 Å². The van der Waals surface area contributed by atoms with Crippen LogP contribution in [0.4, 0.5) is 0 Å². The highest BCUT2D eigenvalue weighted by atomic mass is 79.9. The van der Waals surface area contributed by atoms with Crippen LogP contribution in [0.25, 0.3) is 0 Å². The lowest BCUT2D eigenvalue weighted by atomic mass is 9.96. The molecule has 0 atom stereocenters. The molecule has 5 heteroatoms. The number of carbonyl (C=O) groups excluding carboxylic acids is 1. The number of halogens is 2. The first-order valence-electron chi connectivity index (χ1n) is 6.21. The molecule has 0 spiro atoms. The van der Waals surface area contributed by atoms with Crippen LogP contribution in [0.3, 0.4) is 0 Å². The third kappa shape index (κ3) is 3.71. The summed E-state index contributed by atoms with van der Waals surface area (Å²) < 4.78 is 0.919. The third-order valence-electron chi connectivity index (χ3n) is 2.95. The van der Waals surface area contributed by atoms with Gasteiger partial charge in [0.05, 0.1) is 5.71 Å². The number of carbonyl (C=O) groups is 1. The normalized spacial score (nSPS) is 11.3. The molecule has 0 N–H and O–H groups in total. The largest absolute Gasteiger partial charge is 0.399 e. The second-order valence-corrected chi connectivity index (χ2v) is 5.74. The van der Waals surface area contributed by atoms with E-state index in [1.165, 1.54) is 7.11 Å². The lowest BCUT2D eigenvalue weighted by molar-refractivity contribution is 0.103. The molecule has 2 aromatic carbocycles. The van der Waals surface area contributed by atoms with Gasteiger partial charge >= 0.3 is 0 Å². The summed E-state index contributed by atoms with van der Waals surface area (Å²) in [6.45, 7) is 1.78. The molecule has 0 saturated carbocycles. The second kappa shape index (κ2) is 6.87. The first-order valence-corrected chi connectivity index (χ1v) is 7.38. The molecule has 0 aromatic heterocycles. The Balaban J connectivity index is 2.51. The zero-order valence-electron chi connectivity index (χ0n) is 11.6. The van der Waals surface area contributed by atoms with E-state index in [1.807, 2.05) is 12.1 Å². The summed E-state index contributed by atoms with van der Waals surface area (Å²) in [6, 6.07) is 12.3. The van der Waals surface area contributed by atoms with Crippen molar-refractivity contribution in [2.45, 2.75) is 6.92 Å². The maximum absolute atomic E-state index is 12.7. The van der Waals surface area contributed by atoms with Crippen LogP contribution in [0, 0.1) is 0 Å². The fourth-order valence-electron chi connectivity index (χ4n) is 1.96. The van der Waals surface area contributed by atoms with Crippen LogP contribution in [-0.2, 0) is 4.84 Å². The average Bonchev–Trinajstić information content (AvgIpc) is 2.47. The van der Waals surface area contributed by atoms with Crippen LogP contribution in [0.2, 0.25) is 5.02 Å². The van der Waals surface area contributed by atoms with Crippen LogP contribution in [0.5, 0.6) is 0 Å². The standard InChI is InChI=1S/C16H13BrClNO2/c1-10(19-21-2)14-8-7-13(18)9-15(14)16(20)11-3-5-12(17)6-4-11/h3-9H,1-2H3/b19-10-. The van der Waals surface area contributed by atoms with Crippen molar-refractivity contribution in [3.8, 4) is 0 Å². The van der Waals surface area contributed by atoms with Gasteiger partial charge in [0.25, 0.3) is 0 Å². The van der Waals surface area contributed by atoms with Gasteiger partial charge in [-0.2, -0.15) is 0 Å². The number of oxime groups is 1. The summed E-state index contributed by atoms with van der Waals surface area (Å²) in [7, 11) is 1.47. The van der Waals surface area contributed by atoms with E-state index in [1.54, 1.807) is 37.3 Å². The highest BCUT2D eigenvalue weighted by molar-refractivity contribution is 9.10. The molecule has 0 unspecified atom stereocenters. The molecule has 0 heterocycles. The fourth-order valence-corrected chi connectivity index (χ4v) is 2.40. The third-order valence-corrected chi connectivity index (χ3v) is 3.71. The van der Waals surface area contributed by atoms with Crippen molar-refractivity contribution < 1.29 is 9.63 Å². The zero-order chi connectivity index (χ0) is 15.4. The van der Waals surface area contributed by atoms with Gasteiger partial charge in [-0.3, -0.25) is 4.79 Å². The van der Waals surface area contributed by atoms with E-state index in [4.69, 9.17) is 16.4 Å². The van der Waals surface area contributed by atoms with E-state index in [2.05, 4.69) is 21.1 Å². The van der Waals surface area contributed by atoms with Crippen LogP contribution in [-0.4, -0.2) is 18.6 Å². The molecular weight excluding hydrogens is 354 g/mol. The molecule has 0 amide bonds. The molecule has 0 aliphatic heterocycles. The molecular formula is C16H13BrClNO2. The average molecular weight is 367 g/mol. The van der Waals surface area contributed by atoms with E-state index < -0.39 is 0 Å². The van der Waals surface area contributed by atoms with Gasteiger partial charge in [0.1, 0.15) is 7.11 Å². The number of hydrogen-bond acceptors (Lipinski definition) is 3. The monoisotopic (exact) mass is 365 g/mol. The van der Waals surface area contributed by atoms with Gasteiger partial charge in [0.15, 0.2) is 5.78 Å². The van der Waals surface area contributed by atoms with Crippen LogP contribution in [0.1, 0.15) is 28.4 Å². The van der Waals surface area contributed by atoms with Crippen molar-refractivity contribution in [3.63, 3.8) is 0 Å². The Morgan fingerprint density at radius 1 is 1.14 bits per heavy atom. The Bertz CT molecular complexity index is 696. The maximum atomic E-state index is 12.7. The summed E-state index contributed by atoms with van der Waals surface area (Å²) in [5, 5.41) is 4.39. The Hall–Kier alpha value is -1.65. The van der Waals surface area contributed by atoms with Crippen molar-refractivity contribution in [1.82, 2.24) is 0 Å². The Morgan fingerprint density at radius 3 is 2.43 bits per heavy atom. The van der Waals surface area contributed by atoms with E-state index in [-0.39, 0.29) is 5.78 Å². The molecule has 0 aliphatic rings. The number of benzene rings is 2. The summed E-state index contributed by atoms with van der Waals surface area (Å²) in [5.74, 6) is -0.106. The molecule has 3 nitrogen and oxygen atoms in total. The van der Waals surface area contributed by atoms with Crippen molar-refractivity contribution >= 4 is 39.0 Å². The van der Waals surface area contributed by atoms with Crippen molar-refractivity contribution in [3.05, 3.63) is 68.7 Å². The van der Waals surface area contributed by atoms with Crippen LogP contribution >= 0.6 is 27.5 Å². The van der Waals surface area contributed by atoms with Gasteiger partial charge < -0.3 is 4.84 Å². The minimum Gasteiger partial charge on any atom is -0.399 e. The molecule has 0 radical (unpaired) electrons. The molecule has 21 heavy (non-hydrogen) atoms. The van der Waals surface area contributed by atoms with Crippen LogP contribution in [0.15, 0.2) is 52.1 Å². The SMILES string of the molecule is CO/N=C(/C)c1ccc(Cl)cc1C(=O)c1ccc(Br)cc1. The molecule has 0 fully saturated rings. The van der Waals surface area contributed by atoms with Gasteiger partial charge in [0, 0.05) is 26.2 Å². The molecule has 0 aliphatic carbocycles. The Labute approximate surface area is 136 Å². The van der Waals surface area contributed by atoms with E-state index in [0.29, 0.717) is 27.4 Å². The van der Waals surface area contributed by atoms with E-state index in [9.17, 15) is 4.79 Å². The maximum Gasteiger partial charge on any atom is 0.193 e. The molecule has 2 aromatic rings. The predicted molar refractivity (Wildman–Crippen MR) is 88.2 cm³/mol. The summed E-state index contributed by atoms with van der Waals surface area (Å²) in [4.78, 5) is 17.5. The number of hydrogen-bond donors (Lipinski definition) is 0. The molecule has 108 valence electrons. The quantitative estimate of drug-likeness (QED) is 0.447. The highest BCUT2D eigenvalue weighted by Crippen LogP contribution is 2.21. The minimum absolute atomic E-state index is 0.106. The topological polar surface area (TPSA) is 38.7 Å². The number of nitrogens with zero attached hydrogens (tertiary/aromatic N) is 1. The molecule has 0 saturated heterocycles. The van der Waals surface area contributed by atoms with E-state index >= 15 is 0 Å². The van der Waals surface area contributed by atoms with Gasteiger partial charge in [0.2, 0.25) is 0 Å². The summed E-state index contributed by atoms with van der Waals surface area (Å²) >= 11 is 9.38. The predicted octanol–water partition coefficient (Wildman–Crippen LogP) is 4.70. The highest BCUT2D eigenvalue weighted by Gasteiger charge is 2.16. The van der Waals surface area contributed by atoms with Crippen molar-refractivity contribution in [1.29, 1.82) is 0 Å². The van der Waals surface area contributed by atoms with Crippen LogP contribution < -0.4 is 0 Å². The number of rotatable bonds is 4. The minimum atomic E-state index is -0.106. The van der Waals surface area contributed by atoms with Crippen molar-refractivity contribution in [2.75, 3.05) is 7.11 Å². The van der Waals surface area contributed by atoms with Gasteiger partial charge in [-0.05, 0) is 43.3 Å². The summed E-state index contributed by atoms with van der Waals surface area (Å²) in [6.07, 6.45) is 0. The smallest absolute Gasteiger partial charge is 0.193 e. The lowest BCUT2D eigenvalue weighted by Gasteiger charge is -2.09. The second-order valence-electron chi connectivity index (χ2n) is 4.39. The Morgan fingerprint density at radius 2 is 1.81 bits per heavy atom. The van der Waals surface area contributed by atoms with Gasteiger partial charge in [-0.1, -0.05) is 38.8 Å². The number of ketones is 1. The van der Waals surface area contributed by atoms with Gasteiger partial charge in [-0.25, -0.2) is 0 Å². The lowest BCUT2D eigenvalue weighted by Crippen LogP contribution is -2.09. The molecule has 0 bridgehead atoms. The fraction of sp³-hybridized carbons (Fsp3) is 0.125.